The van der Waals surface area contributed by atoms with E-state index in [4.69, 9.17) is 29.9 Å². The third-order valence-electron chi connectivity index (χ3n) is 16.9. The third-order valence-corrected chi connectivity index (χ3v) is 16.9. The quantitative estimate of drug-likeness (QED) is 0.143. The van der Waals surface area contributed by atoms with Gasteiger partial charge in [0.05, 0.1) is 5.41 Å². The summed E-state index contributed by atoms with van der Waals surface area (Å²) in [4.78, 5) is 31.4. The van der Waals surface area contributed by atoms with Crippen molar-refractivity contribution in [2.24, 2.45) is 0 Å². The average Bonchev–Trinajstić information content (AvgIpc) is 4.14. The minimum atomic E-state index is -0.539. The van der Waals surface area contributed by atoms with E-state index in [-0.39, 0.29) is 11.8 Å². The van der Waals surface area contributed by atoms with Crippen LogP contribution < -0.4 is 0 Å². The molecule has 2 aromatic heterocycles. The highest BCUT2D eigenvalue weighted by Crippen LogP contribution is 2.58. The summed E-state index contributed by atoms with van der Waals surface area (Å²) in [7, 11) is 0. The molecule has 2 unspecified atom stereocenters. The summed E-state index contributed by atoms with van der Waals surface area (Å²) in [5.74, 6) is 3.77. The van der Waals surface area contributed by atoms with E-state index in [1.54, 1.807) is 0 Å². The predicted octanol–water partition coefficient (Wildman–Crippen LogP) is 17.1. The van der Waals surface area contributed by atoms with Gasteiger partial charge in [0.2, 0.25) is 0 Å². The van der Waals surface area contributed by atoms with Crippen molar-refractivity contribution in [2.45, 2.75) is 17.3 Å². The molecule has 0 fully saturated rings. The van der Waals surface area contributed by atoms with Gasteiger partial charge in [-0.25, -0.2) is 29.9 Å². The topological polar surface area (TPSA) is 77.3 Å². The second-order valence-corrected chi connectivity index (χ2v) is 21.2. The molecular weight excluding hydrogens is 985 g/mol. The molecule has 4 aliphatic rings. The Morgan fingerprint density at radius 3 is 1.04 bits per heavy atom. The number of rotatable bonds is 9. The van der Waals surface area contributed by atoms with Gasteiger partial charge in [-0.15, -0.1) is 0 Å². The van der Waals surface area contributed by atoms with Crippen LogP contribution in [0, 0.1) is 0 Å². The number of nitrogens with zero attached hydrogens (tertiary/aromatic N) is 6. The van der Waals surface area contributed by atoms with E-state index in [0.29, 0.717) is 34.9 Å². The van der Waals surface area contributed by atoms with E-state index in [9.17, 15) is 0 Å². The Balaban J connectivity index is 0.825. The molecule has 2 atom stereocenters. The molecule has 81 heavy (non-hydrogen) atoms. The predicted molar refractivity (Wildman–Crippen MR) is 323 cm³/mol. The zero-order valence-corrected chi connectivity index (χ0v) is 43.9. The largest absolute Gasteiger partial charge is 0.208 e. The molecule has 0 N–H and O–H groups in total. The Kier molecular flexibility index (Phi) is 10.8. The molecule has 6 nitrogen and oxygen atoms in total. The number of hydrogen-bond acceptors (Lipinski definition) is 6. The van der Waals surface area contributed by atoms with Crippen LogP contribution in [0.4, 0.5) is 0 Å². The Bertz CT molecular complexity index is 4490. The SMILES string of the molecule is c1ccc(-c2nc(-c3ccccc3)nc(-c3ccc4c(c3)C3c5ccccc5C4c4cc(-c5nc(-c6ccccc6)nc(-c6ccccc6-c6ccc7c(c6)C(c6ccccc6)(c6ccccc6)c6ccccc6-7)n5)ccc43)n2)cc1. The van der Waals surface area contributed by atoms with Crippen LogP contribution in [0.2, 0.25) is 0 Å². The average molecular weight is 1030 g/mol. The molecule has 13 aromatic rings. The van der Waals surface area contributed by atoms with Gasteiger partial charge in [-0.3, -0.25) is 0 Å². The Morgan fingerprint density at radius 1 is 0.210 bits per heavy atom. The summed E-state index contributed by atoms with van der Waals surface area (Å²) < 4.78 is 0. The first kappa shape index (κ1) is 46.5. The minimum absolute atomic E-state index is 0.00229. The molecule has 2 bridgehead atoms. The zero-order chi connectivity index (χ0) is 53.4. The Hall–Kier alpha value is -10.6. The van der Waals surface area contributed by atoms with Gasteiger partial charge < -0.3 is 0 Å². The number of benzene rings is 11. The molecule has 17 rings (SSSR count). The lowest BCUT2D eigenvalue weighted by Crippen LogP contribution is -2.28. The van der Waals surface area contributed by atoms with Crippen molar-refractivity contribution in [1.82, 2.24) is 29.9 Å². The van der Waals surface area contributed by atoms with Crippen molar-refractivity contribution in [3.05, 3.63) is 335 Å². The smallest absolute Gasteiger partial charge is 0.164 e. The Labute approximate surface area is 470 Å². The highest BCUT2D eigenvalue weighted by atomic mass is 15.0. The van der Waals surface area contributed by atoms with Crippen LogP contribution in [0.25, 0.3) is 90.6 Å². The summed E-state index contributed by atoms with van der Waals surface area (Å²) in [5, 5.41) is 0. The fourth-order valence-corrected chi connectivity index (χ4v) is 13.3. The van der Waals surface area contributed by atoms with E-state index in [2.05, 4.69) is 224 Å². The minimum Gasteiger partial charge on any atom is -0.208 e. The van der Waals surface area contributed by atoms with Gasteiger partial charge in [0, 0.05) is 45.2 Å². The first-order valence-corrected chi connectivity index (χ1v) is 27.7. The normalized spacial score (nSPS) is 14.8. The maximum Gasteiger partial charge on any atom is 0.164 e. The zero-order valence-electron chi connectivity index (χ0n) is 43.9. The summed E-state index contributed by atoms with van der Waals surface area (Å²) in [6.07, 6.45) is 0. The van der Waals surface area contributed by atoms with Crippen LogP contribution >= 0.6 is 0 Å². The van der Waals surface area contributed by atoms with Crippen molar-refractivity contribution in [1.29, 1.82) is 0 Å². The van der Waals surface area contributed by atoms with Gasteiger partial charge in [-0.1, -0.05) is 261 Å². The lowest BCUT2D eigenvalue weighted by molar-refractivity contribution is 0.754. The van der Waals surface area contributed by atoms with Crippen molar-refractivity contribution in [3.8, 4) is 90.6 Å². The summed E-state index contributed by atoms with van der Waals surface area (Å²) in [6, 6.07) is 99.7. The second-order valence-electron chi connectivity index (χ2n) is 21.2. The first-order valence-electron chi connectivity index (χ1n) is 27.7. The van der Waals surface area contributed by atoms with Gasteiger partial charge in [0.1, 0.15) is 0 Å². The van der Waals surface area contributed by atoms with Crippen LogP contribution in [-0.2, 0) is 5.41 Å². The highest BCUT2D eigenvalue weighted by molar-refractivity contribution is 5.91. The lowest BCUT2D eigenvalue weighted by Gasteiger charge is -2.42. The van der Waals surface area contributed by atoms with Gasteiger partial charge in [0.15, 0.2) is 34.9 Å². The lowest BCUT2D eigenvalue weighted by atomic mass is 9.61. The van der Waals surface area contributed by atoms with Gasteiger partial charge >= 0.3 is 0 Å². The van der Waals surface area contributed by atoms with Crippen LogP contribution in [0.3, 0.4) is 0 Å². The molecule has 0 saturated carbocycles. The van der Waals surface area contributed by atoms with Crippen molar-refractivity contribution in [2.75, 3.05) is 0 Å². The van der Waals surface area contributed by atoms with Gasteiger partial charge in [-0.05, 0) is 96.1 Å². The van der Waals surface area contributed by atoms with Crippen LogP contribution in [0.1, 0.15) is 67.5 Å². The molecule has 0 aliphatic heterocycles. The number of hydrogen-bond donors (Lipinski definition) is 0. The van der Waals surface area contributed by atoms with Crippen LogP contribution in [0.15, 0.2) is 279 Å². The van der Waals surface area contributed by atoms with E-state index < -0.39 is 5.41 Å². The Morgan fingerprint density at radius 2 is 0.556 bits per heavy atom. The summed E-state index contributed by atoms with van der Waals surface area (Å²) in [5.41, 5.74) is 22.4. The highest BCUT2D eigenvalue weighted by Gasteiger charge is 2.46. The van der Waals surface area contributed by atoms with Crippen molar-refractivity contribution in [3.63, 3.8) is 0 Å². The maximum absolute atomic E-state index is 5.48. The molecule has 0 spiro atoms. The molecule has 378 valence electrons. The van der Waals surface area contributed by atoms with Crippen LogP contribution in [0.5, 0.6) is 0 Å². The van der Waals surface area contributed by atoms with E-state index in [1.807, 2.05) is 54.6 Å². The maximum atomic E-state index is 5.48. The second kappa shape index (κ2) is 18.8. The van der Waals surface area contributed by atoms with Crippen LogP contribution in [-0.4, -0.2) is 29.9 Å². The fraction of sp³-hybridized carbons (Fsp3) is 0.0400. The first-order chi connectivity index (χ1) is 40.2. The molecule has 0 saturated heterocycles. The monoisotopic (exact) mass is 1030 g/mol. The van der Waals surface area contributed by atoms with Gasteiger partial charge in [0.25, 0.3) is 0 Å². The molecule has 0 radical (unpaired) electrons. The van der Waals surface area contributed by atoms with Crippen molar-refractivity contribution >= 4 is 0 Å². The van der Waals surface area contributed by atoms with E-state index in [0.717, 1.165) is 44.5 Å². The molecule has 11 aromatic carbocycles. The molecule has 4 aliphatic carbocycles. The molecule has 0 amide bonds. The standard InChI is InChI=1S/C75H48N6/c1-6-22-47(23-7-1)69-76-70(48-24-8-2-9-25-48)78-72(77-69)51-39-42-60-63(44-51)67-58-34-17-18-35-59(58)68(60)64-45-52(40-43-61(64)67)73-79-71(49-26-10-3-11-27-49)80-74(81-73)62-36-19-16-32-55(62)50-38-41-57-56-33-20-21-37-65(56)75(66(57)46-50,53-28-12-4-13-29-53)54-30-14-5-15-31-54/h1-46,67-68H. The van der Waals surface area contributed by atoms with E-state index in [1.165, 1.54) is 66.8 Å². The fourth-order valence-electron chi connectivity index (χ4n) is 13.3. The van der Waals surface area contributed by atoms with Gasteiger partial charge in [-0.2, -0.15) is 0 Å². The number of fused-ring (bicyclic) bond motifs is 3. The third kappa shape index (κ3) is 7.48. The van der Waals surface area contributed by atoms with E-state index >= 15 is 0 Å². The molecule has 2 heterocycles. The number of aromatic nitrogens is 6. The van der Waals surface area contributed by atoms with Crippen molar-refractivity contribution < 1.29 is 0 Å². The molecule has 6 heteroatoms. The summed E-state index contributed by atoms with van der Waals surface area (Å²) >= 11 is 0. The molecular formula is C75H48N6. The summed E-state index contributed by atoms with van der Waals surface area (Å²) in [6.45, 7) is 0.